The van der Waals surface area contributed by atoms with Crippen LogP contribution >= 0.6 is 11.3 Å². The average Bonchev–Trinajstić information content (AvgIpc) is 3.53. The van der Waals surface area contributed by atoms with Crippen molar-refractivity contribution < 1.29 is 24.1 Å². The van der Waals surface area contributed by atoms with E-state index < -0.39 is 11.6 Å². The first-order valence-electron chi connectivity index (χ1n) is 16.7. The number of para-hydroxylation sites is 1. The predicted molar refractivity (Wildman–Crippen MR) is 183 cm³/mol. The number of nitrogens with two attached hydrogens (primary N) is 1. The molecule has 3 aromatic heterocycles. The summed E-state index contributed by atoms with van der Waals surface area (Å²) in [6.45, 7) is 10.7. The molecule has 6 heterocycles. The van der Waals surface area contributed by atoms with Gasteiger partial charge in [0.05, 0.1) is 11.8 Å². The summed E-state index contributed by atoms with van der Waals surface area (Å²) >= 11 is 1.65. The molecule has 0 spiro atoms. The van der Waals surface area contributed by atoms with E-state index in [1.807, 2.05) is 56.8 Å². The Hall–Kier alpha value is -4.01. The van der Waals surface area contributed by atoms with E-state index in [-0.39, 0.29) is 24.4 Å². The Labute approximate surface area is 284 Å². The number of carbonyl (C=O) groups is 1. The van der Waals surface area contributed by atoms with Crippen molar-refractivity contribution in [2.75, 3.05) is 45.0 Å². The summed E-state index contributed by atoms with van der Waals surface area (Å²) in [7, 11) is 1.50. The molecular formula is C34H44N8O5S. The van der Waals surface area contributed by atoms with Crippen LogP contribution in [0, 0.1) is 18.8 Å². The van der Waals surface area contributed by atoms with Gasteiger partial charge in [-0.25, -0.2) is 24.4 Å². The van der Waals surface area contributed by atoms with Crippen molar-refractivity contribution >= 4 is 34.4 Å². The van der Waals surface area contributed by atoms with Crippen molar-refractivity contribution in [1.82, 2.24) is 29.6 Å². The van der Waals surface area contributed by atoms with Gasteiger partial charge in [-0.05, 0) is 84.4 Å². The number of nitrogens with zero attached hydrogens (tertiary/aromatic N) is 7. The van der Waals surface area contributed by atoms with Gasteiger partial charge in [0.2, 0.25) is 6.79 Å². The van der Waals surface area contributed by atoms with Crippen molar-refractivity contribution in [3.8, 4) is 22.8 Å². The van der Waals surface area contributed by atoms with Gasteiger partial charge in [-0.2, -0.15) is 5.10 Å². The predicted octanol–water partition coefficient (Wildman–Crippen LogP) is 5.43. The second kappa shape index (κ2) is 12.5. The number of benzene rings is 1. The molecule has 3 fully saturated rings. The zero-order chi connectivity index (χ0) is 33.8. The third-order valence-electron chi connectivity index (χ3n) is 10.1. The Bertz CT molecular complexity index is 1810. The minimum atomic E-state index is -0.896. The maximum Gasteiger partial charge on any atom is 0.407 e. The highest BCUT2D eigenvalue weighted by atomic mass is 32.1. The Kier molecular flexibility index (Phi) is 8.45. The number of hydrogen-bond acceptors (Lipinski definition) is 11. The quantitative estimate of drug-likeness (QED) is 0.269. The summed E-state index contributed by atoms with van der Waals surface area (Å²) in [5, 5.41) is 18.4. The molecule has 1 aromatic carbocycles. The van der Waals surface area contributed by atoms with Crippen molar-refractivity contribution in [3.63, 3.8) is 0 Å². The molecule has 8 rings (SSSR count). The molecule has 1 amide bonds. The molecule has 48 heavy (non-hydrogen) atoms. The molecule has 4 atom stereocenters. The number of amides is 1. The number of aryl methyl sites for hydroxylation is 1. The standard InChI is InChI=1S/C33H39N7O5S.CH5N/c1-19-16-46-30(35-19)33(17-39(31(41)42)32(2,3)4)21-11-12-38(15-22(21)33)24-14-34-27-26(20-8-7-9-23-28(20)45-18-44-23)37-40(29(27)36-24)25-10-5-6-13-43-25;1-2/h7-9,14,16,21-22,25H,5-6,10-13,15,17-18H2,1-4H3,(H,41,42);2H2,1H3. The monoisotopic (exact) mass is 676 g/mol. The number of carboxylic acid groups (broad SMARTS) is 1. The number of rotatable bonds is 6. The number of thiazole rings is 1. The van der Waals surface area contributed by atoms with Crippen LogP contribution in [0.25, 0.3) is 22.4 Å². The van der Waals surface area contributed by atoms with E-state index in [1.165, 1.54) is 7.05 Å². The lowest BCUT2D eigenvalue weighted by Crippen LogP contribution is -2.49. The van der Waals surface area contributed by atoms with Crippen LogP contribution in [0.1, 0.15) is 63.4 Å². The lowest BCUT2D eigenvalue weighted by Gasteiger charge is -2.36. The van der Waals surface area contributed by atoms with Gasteiger partial charge >= 0.3 is 6.09 Å². The van der Waals surface area contributed by atoms with E-state index in [0.717, 1.165) is 60.9 Å². The first-order chi connectivity index (χ1) is 23.1. The van der Waals surface area contributed by atoms with E-state index in [9.17, 15) is 9.90 Å². The first-order valence-corrected chi connectivity index (χ1v) is 17.5. The number of ether oxygens (including phenoxy) is 3. The highest BCUT2D eigenvalue weighted by molar-refractivity contribution is 7.09. The highest BCUT2D eigenvalue weighted by Gasteiger charge is 2.69. The van der Waals surface area contributed by atoms with Gasteiger partial charge in [0, 0.05) is 48.3 Å². The van der Waals surface area contributed by atoms with E-state index in [2.05, 4.69) is 16.0 Å². The Morgan fingerprint density at radius 3 is 2.71 bits per heavy atom. The highest BCUT2D eigenvalue weighted by Crippen LogP contribution is 2.65. The summed E-state index contributed by atoms with van der Waals surface area (Å²) < 4.78 is 19.6. The van der Waals surface area contributed by atoms with Crippen molar-refractivity contribution in [1.29, 1.82) is 0 Å². The average molecular weight is 677 g/mol. The topological polar surface area (TPSA) is 154 Å². The Morgan fingerprint density at radius 2 is 2.00 bits per heavy atom. The molecule has 1 aliphatic carbocycles. The largest absolute Gasteiger partial charge is 0.465 e. The third kappa shape index (κ3) is 5.43. The Morgan fingerprint density at radius 1 is 1.17 bits per heavy atom. The lowest BCUT2D eigenvalue weighted by molar-refractivity contribution is -0.0368. The number of hydrogen-bond donors (Lipinski definition) is 2. The summed E-state index contributed by atoms with van der Waals surface area (Å²) in [5.74, 6) is 2.75. The first kappa shape index (κ1) is 32.5. The molecule has 1 saturated carbocycles. The Balaban J connectivity index is 0.00000179. The van der Waals surface area contributed by atoms with Crippen LogP contribution in [-0.2, 0) is 10.2 Å². The normalized spacial score (nSPS) is 24.5. The molecule has 3 aliphatic heterocycles. The zero-order valence-electron chi connectivity index (χ0n) is 28.2. The van der Waals surface area contributed by atoms with Gasteiger partial charge in [-0.15, -0.1) is 11.3 Å². The van der Waals surface area contributed by atoms with Crippen LogP contribution in [-0.4, -0.2) is 86.5 Å². The summed E-state index contributed by atoms with van der Waals surface area (Å²) in [6.07, 6.45) is 4.58. The fourth-order valence-corrected chi connectivity index (χ4v) is 8.81. The van der Waals surface area contributed by atoms with Gasteiger partial charge in [0.25, 0.3) is 0 Å². The van der Waals surface area contributed by atoms with E-state index >= 15 is 0 Å². The van der Waals surface area contributed by atoms with Crippen LogP contribution in [0.4, 0.5) is 10.6 Å². The summed E-state index contributed by atoms with van der Waals surface area (Å²) in [5.41, 5.74) is 7.52. The molecular weight excluding hydrogens is 632 g/mol. The molecule has 4 aliphatic rings. The van der Waals surface area contributed by atoms with Gasteiger partial charge in [-0.1, -0.05) is 6.07 Å². The van der Waals surface area contributed by atoms with Gasteiger partial charge in [0.15, 0.2) is 23.4 Å². The van der Waals surface area contributed by atoms with Crippen LogP contribution < -0.4 is 20.1 Å². The number of piperidine rings is 1. The summed E-state index contributed by atoms with van der Waals surface area (Å²) in [4.78, 5) is 31.5. The van der Waals surface area contributed by atoms with Crippen molar-refractivity contribution in [2.45, 2.75) is 70.6 Å². The maximum absolute atomic E-state index is 12.5. The van der Waals surface area contributed by atoms with Gasteiger partial charge in [0.1, 0.15) is 22.0 Å². The number of anilines is 1. The minimum Gasteiger partial charge on any atom is -0.465 e. The molecule has 3 N–H and O–H groups in total. The summed E-state index contributed by atoms with van der Waals surface area (Å²) in [6, 6.07) is 5.81. The molecule has 0 radical (unpaired) electrons. The second-order valence-corrected chi connectivity index (χ2v) is 14.7. The van der Waals surface area contributed by atoms with E-state index in [0.29, 0.717) is 47.4 Å². The van der Waals surface area contributed by atoms with Crippen molar-refractivity contribution in [3.05, 3.63) is 40.5 Å². The van der Waals surface area contributed by atoms with Crippen LogP contribution in [0.5, 0.6) is 11.5 Å². The van der Waals surface area contributed by atoms with E-state index in [4.69, 9.17) is 34.3 Å². The third-order valence-corrected chi connectivity index (χ3v) is 11.3. The fraction of sp³-hybridized carbons (Fsp3) is 0.559. The molecule has 256 valence electrons. The van der Waals surface area contributed by atoms with Crippen molar-refractivity contribution in [2.24, 2.45) is 17.6 Å². The number of aromatic nitrogens is 5. The minimum absolute atomic E-state index is 0.172. The van der Waals surface area contributed by atoms with Crippen LogP contribution in [0.3, 0.4) is 0 Å². The van der Waals surface area contributed by atoms with Gasteiger partial charge in [-0.3, -0.25) is 0 Å². The number of fused-ring (bicyclic) bond motifs is 3. The lowest BCUT2D eigenvalue weighted by atomic mass is 9.97. The molecule has 4 aromatic rings. The molecule has 4 unspecified atom stereocenters. The zero-order valence-corrected chi connectivity index (χ0v) is 29.0. The van der Waals surface area contributed by atoms with E-state index in [1.54, 1.807) is 16.2 Å². The maximum atomic E-state index is 12.5. The van der Waals surface area contributed by atoms with Crippen LogP contribution in [0.2, 0.25) is 0 Å². The smallest absolute Gasteiger partial charge is 0.407 e. The molecule has 14 heteroatoms. The van der Waals surface area contributed by atoms with Crippen LogP contribution in [0.15, 0.2) is 29.8 Å². The van der Waals surface area contributed by atoms with Gasteiger partial charge < -0.3 is 34.9 Å². The SMILES string of the molecule is CN.Cc1csc(C2(CN(C(=O)O)C(C)(C)C)C3CCN(c4cnc5c(-c6cccc7c6OCO7)nn(C6CCCCO6)c5n4)CC32)n1. The molecule has 0 bridgehead atoms. The second-order valence-electron chi connectivity index (χ2n) is 13.9. The molecule has 2 saturated heterocycles. The fourth-order valence-electron chi connectivity index (χ4n) is 7.69. The molecule has 13 nitrogen and oxygen atoms in total.